The van der Waals surface area contributed by atoms with Crippen molar-refractivity contribution in [3.63, 3.8) is 0 Å². The van der Waals surface area contributed by atoms with E-state index in [1.54, 1.807) is 12.1 Å². The number of amides is 1. The predicted molar refractivity (Wildman–Crippen MR) is 71.0 cm³/mol. The molecule has 0 bridgehead atoms. The molecule has 105 valence electrons. The second kappa shape index (κ2) is 6.65. The number of hydrogen-bond donors (Lipinski definition) is 1. The van der Waals surface area contributed by atoms with Gasteiger partial charge < -0.3 is 10.1 Å². The summed E-state index contributed by atoms with van der Waals surface area (Å²) in [6.07, 6.45) is 1.90. The summed E-state index contributed by atoms with van der Waals surface area (Å²) < 4.78 is 4.93. The van der Waals surface area contributed by atoms with Gasteiger partial charge in [-0.05, 0) is 29.8 Å². The number of benzene rings is 1. The maximum Gasteiger partial charge on any atom is 0.338 e. The van der Waals surface area contributed by atoms with Gasteiger partial charge in [-0.25, -0.2) is 4.79 Å². The van der Waals surface area contributed by atoms with Gasteiger partial charge >= 0.3 is 5.97 Å². The Kier molecular flexibility index (Phi) is 4.65. The maximum absolute atomic E-state index is 11.8. The molecule has 2 rings (SSSR count). The standard InChI is InChI=1S/C13H15N4O3/c1-2-3-6-14-12(18)8-20-13(19)9-4-5-10-11(7-9)16-17-15-10/h4-5,7H,2-3,6,8H2,1H3,(H,14,18). The van der Waals surface area contributed by atoms with E-state index in [9.17, 15) is 9.59 Å². The zero-order valence-corrected chi connectivity index (χ0v) is 11.1. The molecule has 1 amide bonds. The lowest BCUT2D eigenvalue weighted by molar-refractivity contribution is -0.124. The summed E-state index contributed by atoms with van der Waals surface area (Å²) in [4.78, 5) is 23.2. The Bertz CT molecular complexity index is 542. The SMILES string of the molecule is CCCCNC(=O)COC(=O)c1ccc2c(c1)N=N[N]2. The number of rotatable bonds is 6. The number of nitrogens with one attached hydrogen (secondary N) is 1. The molecule has 0 atom stereocenters. The normalized spacial score (nSPS) is 11.7. The van der Waals surface area contributed by atoms with Crippen molar-refractivity contribution in [2.45, 2.75) is 19.8 Å². The molecule has 0 spiro atoms. The van der Waals surface area contributed by atoms with Crippen LogP contribution in [0.15, 0.2) is 28.5 Å². The van der Waals surface area contributed by atoms with Crippen LogP contribution in [0.25, 0.3) is 0 Å². The largest absolute Gasteiger partial charge is 0.452 e. The van der Waals surface area contributed by atoms with Crippen molar-refractivity contribution in [1.29, 1.82) is 0 Å². The molecule has 7 heteroatoms. The third kappa shape index (κ3) is 3.53. The van der Waals surface area contributed by atoms with E-state index < -0.39 is 5.97 Å². The zero-order chi connectivity index (χ0) is 14.4. The molecule has 1 heterocycles. The first-order chi connectivity index (χ1) is 9.70. The van der Waals surface area contributed by atoms with E-state index in [2.05, 4.69) is 21.1 Å². The Hall–Kier alpha value is -2.44. The van der Waals surface area contributed by atoms with Gasteiger partial charge in [0.25, 0.3) is 5.91 Å². The first kappa shape index (κ1) is 14.0. The fraction of sp³-hybridized carbons (Fsp3) is 0.385. The molecule has 1 aromatic rings. The van der Waals surface area contributed by atoms with Crippen molar-refractivity contribution in [1.82, 2.24) is 10.7 Å². The highest BCUT2D eigenvalue weighted by Crippen LogP contribution is 2.31. The van der Waals surface area contributed by atoms with Crippen LogP contribution in [0.4, 0.5) is 11.4 Å². The van der Waals surface area contributed by atoms with Gasteiger partial charge in [-0.1, -0.05) is 13.3 Å². The minimum atomic E-state index is -0.569. The molecule has 1 N–H and O–H groups in total. The summed E-state index contributed by atoms with van der Waals surface area (Å²) >= 11 is 0. The molecule has 20 heavy (non-hydrogen) atoms. The highest BCUT2D eigenvalue weighted by atomic mass is 16.5. The van der Waals surface area contributed by atoms with Crippen molar-refractivity contribution in [3.05, 3.63) is 23.8 Å². The van der Waals surface area contributed by atoms with E-state index in [4.69, 9.17) is 4.74 Å². The molecule has 0 fully saturated rings. The lowest BCUT2D eigenvalue weighted by atomic mass is 10.2. The van der Waals surface area contributed by atoms with E-state index in [0.717, 1.165) is 12.8 Å². The van der Waals surface area contributed by atoms with Crippen LogP contribution < -0.4 is 10.7 Å². The molecule has 1 radical (unpaired) electrons. The third-order valence-corrected chi connectivity index (χ3v) is 2.70. The van der Waals surface area contributed by atoms with Crippen molar-refractivity contribution in [3.8, 4) is 0 Å². The smallest absolute Gasteiger partial charge is 0.338 e. The molecular formula is C13H15N4O3. The Morgan fingerprint density at radius 3 is 2.95 bits per heavy atom. The minimum Gasteiger partial charge on any atom is -0.452 e. The van der Waals surface area contributed by atoms with Crippen molar-refractivity contribution < 1.29 is 14.3 Å². The Balaban J connectivity index is 1.83. The van der Waals surface area contributed by atoms with Crippen LogP contribution in [0.3, 0.4) is 0 Å². The third-order valence-electron chi connectivity index (χ3n) is 2.70. The maximum atomic E-state index is 11.8. The average molecular weight is 275 g/mol. The summed E-state index contributed by atoms with van der Waals surface area (Å²) in [5, 5.41) is 9.93. The second-order valence-corrected chi connectivity index (χ2v) is 4.27. The molecular weight excluding hydrogens is 260 g/mol. The van der Waals surface area contributed by atoms with Crippen LogP contribution in [0.1, 0.15) is 30.1 Å². The topological polar surface area (TPSA) is 94.2 Å². The van der Waals surface area contributed by atoms with E-state index in [1.165, 1.54) is 6.07 Å². The number of carbonyl (C=O) groups is 2. The fourth-order valence-corrected chi connectivity index (χ4v) is 1.60. The lowest BCUT2D eigenvalue weighted by Crippen LogP contribution is -2.29. The van der Waals surface area contributed by atoms with Gasteiger partial charge in [0.15, 0.2) is 6.61 Å². The summed E-state index contributed by atoms with van der Waals surface area (Å²) in [6, 6.07) is 4.73. The van der Waals surface area contributed by atoms with Gasteiger partial charge in [-0.3, -0.25) is 4.79 Å². The molecule has 1 aliphatic rings. The van der Waals surface area contributed by atoms with Crippen LogP contribution in [-0.2, 0) is 9.53 Å². The van der Waals surface area contributed by atoms with Gasteiger partial charge in [0, 0.05) is 6.54 Å². The van der Waals surface area contributed by atoms with Crippen molar-refractivity contribution in [2.75, 3.05) is 13.2 Å². The number of nitrogens with zero attached hydrogens (tertiary/aromatic N) is 3. The van der Waals surface area contributed by atoms with Gasteiger partial charge in [-0.15, -0.1) is 10.5 Å². The van der Waals surface area contributed by atoms with Crippen LogP contribution in [0, 0.1) is 0 Å². The molecule has 1 aromatic carbocycles. The van der Waals surface area contributed by atoms with E-state index in [0.29, 0.717) is 23.5 Å². The first-order valence-corrected chi connectivity index (χ1v) is 6.40. The molecule has 0 saturated carbocycles. The monoisotopic (exact) mass is 275 g/mol. The lowest BCUT2D eigenvalue weighted by Gasteiger charge is -2.06. The Labute approximate surface area is 116 Å². The average Bonchev–Trinajstić information content (AvgIpc) is 2.92. The van der Waals surface area contributed by atoms with Crippen molar-refractivity contribution >= 4 is 23.3 Å². The first-order valence-electron chi connectivity index (χ1n) is 6.40. The van der Waals surface area contributed by atoms with Gasteiger partial charge in [0.2, 0.25) is 0 Å². The number of carbonyl (C=O) groups excluding carboxylic acids is 2. The number of unbranched alkanes of at least 4 members (excludes halogenated alkanes) is 1. The van der Waals surface area contributed by atoms with Crippen LogP contribution in [-0.4, -0.2) is 25.0 Å². The van der Waals surface area contributed by atoms with E-state index >= 15 is 0 Å². The minimum absolute atomic E-state index is 0.286. The number of ether oxygens (including phenoxy) is 1. The summed E-state index contributed by atoms with van der Waals surface area (Å²) in [7, 11) is 0. The Morgan fingerprint density at radius 1 is 1.30 bits per heavy atom. The highest BCUT2D eigenvalue weighted by molar-refractivity contribution is 5.93. The van der Waals surface area contributed by atoms with Crippen LogP contribution >= 0.6 is 0 Å². The van der Waals surface area contributed by atoms with Gasteiger partial charge in [-0.2, -0.15) is 0 Å². The van der Waals surface area contributed by atoms with E-state index in [1.807, 2.05) is 6.92 Å². The molecule has 0 aliphatic carbocycles. The summed E-state index contributed by atoms with van der Waals surface area (Å²) in [6.45, 7) is 2.34. The van der Waals surface area contributed by atoms with E-state index in [-0.39, 0.29) is 12.5 Å². The molecule has 0 aromatic heterocycles. The number of esters is 1. The highest BCUT2D eigenvalue weighted by Gasteiger charge is 2.15. The van der Waals surface area contributed by atoms with Crippen molar-refractivity contribution in [2.24, 2.45) is 10.3 Å². The zero-order valence-electron chi connectivity index (χ0n) is 11.1. The molecule has 0 unspecified atom stereocenters. The second-order valence-electron chi connectivity index (χ2n) is 4.27. The fourth-order valence-electron chi connectivity index (χ4n) is 1.60. The van der Waals surface area contributed by atoms with Gasteiger partial charge in [0.1, 0.15) is 11.4 Å². The molecule has 7 nitrogen and oxygen atoms in total. The Morgan fingerprint density at radius 2 is 2.15 bits per heavy atom. The summed E-state index contributed by atoms with van der Waals surface area (Å²) in [5.74, 6) is -0.872. The predicted octanol–water partition coefficient (Wildman–Crippen LogP) is 2.01. The van der Waals surface area contributed by atoms with Crippen LogP contribution in [0.5, 0.6) is 0 Å². The van der Waals surface area contributed by atoms with Gasteiger partial charge in [0.05, 0.1) is 5.56 Å². The number of fused-ring (bicyclic) bond motifs is 1. The molecule has 1 aliphatic heterocycles. The molecule has 0 saturated heterocycles. The number of hydrogen-bond acceptors (Lipinski definition) is 5. The quantitative estimate of drug-likeness (QED) is 0.635. The summed E-state index contributed by atoms with van der Waals surface area (Å²) in [5.41, 5.74) is 5.21. The van der Waals surface area contributed by atoms with Crippen LogP contribution in [0.2, 0.25) is 0 Å².